The van der Waals surface area contributed by atoms with Gasteiger partial charge in [-0.25, -0.2) is 4.79 Å². The lowest BCUT2D eigenvalue weighted by Gasteiger charge is -2.06. The van der Waals surface area contributed by atoms with E-state index in [1.165, 1.54) is 9.12 Å². The molecule has 1 heterocycles. The van der Waals surface area contributed by atoms with Gasteiger partial charge < -0.3 is 9.47 Å². The molecule has 1 aromatic heterocycles. The Hall–Kier alpha value is -0.990. The third kappa shape index (κ3) is 3.44. The zero-order chi connectivity index (χ0) is 15.2. The molecule has 0 N–H and O–H groups in total. The molecule has 0 aliphatic rings. The maximum atomic E-state index is 12.3. The molecule has 0 unspecified atom stereocenters. The molecule has 112 valence electrons. The number of rotatable bonds is 6. The average Bonchev–Trinajstić information content (AvgIpc) is 2.82. The van der Waals surface area contributed by atoms with E-state index in [2.05, 4.69) is 21.2 Å². The van der Waals surface area contributed by atoms with Crippen LogP contribution >= 0.6 is 30.3 Å². The van der Waals surface area contributed by atoms with Crippen molar-refractivity contribution in [3.05, 3.63) is 41.6 Å². The minimum Gasteiger partial charge on any atom is -0.461 e. The summed E-state index contributed by atoms with van der Waals surface area (Å²) in [4.78, 5) is 12.3. The van der Waals surface area contributed by atoms with Gasteiger partial charge in [-0.05, 0) is 13.0 Å². The van der Waals surface area contributed by atoms with Gasteiger partial charge in [0.15, 0.2) is 0 Å². The zero-order valence-electron chi connectivity index (χ0n) is 11.8. The number of esters is 1. The van der Waals surface area contributed by atoms with Crippen molar-refractivity contribution in [2.75, 3.05) is 20.3 Å². The van der Waals surface area contributed by atoms with Crippen LogP contribution in [-0.4, -0.2) is 30.3 Å². The third-order valence-electron chi connectivity index (χ3n) is 2.96. The topological polar surface area (TPSA) is 40.5 Å². The number of halogens is 1. The second-order valence-corrected chi connectivity index (χ2v) is 5.91. The highest BCUT2D eigenvalue weighted by Crippen LogP contribution is 2.34. The molecule has 0 aliphatic heterocycles. The SMILES string of the molecule is CCOC(=O)c1c(/C=C/COC)c2ccccc2n1SI. The van der Waals surface area contributed by atoms with Crippen LogP contribution in [0.3, 0.4) is 0 Å². The highest BCUT2D eigenvalue weighted by molar-refractivity contribution is 14.2. The Morgan fingerprint density at radius 3 is 2.86 bits per heavy atom. The zero-order valence-corrected chi connectivity index (χ0v) is 14.8. The lowest BCUT2D eigenvalue weighted by molar-refractivity contribution is 0.0519. The van der Waals surface area contributed by atoms with Gasteiger partial charge in [-0.1, -0.05) is 30.4 Å². The quantitative estimate of drug-likeness (QED) is 0.519. The second-order valence-electron chi connectivity index (χ2n) is 4.22. The highest BCUT2D eigenvalue weighted by Gasteiger charge is 2.22. The fraction of sp³-hybridized carbons (Fsp3) is 0.267. The minimum atomic E-state index is -0.310. The van der Waals surface area contributed by atoms with Crippen molar-refractivity contribution in [3.63, 3.8) is 0 Å². The molecule has 2 aromatic rings. The summed E-state index contributed by atoms with van der Waals surface area (Å²) in [5.74, 6) is -0.310. The van der Waals surface area contributed by atoms with E-state index in [9.17, 15) is 4.79 Å². The Balaban J connectivity index is 2.66. The van der Waals surface area contributed by atoms with Gasteiger partial charge in [-0.15, -0.1) is 0 Å². The molecule has 1 aromatic carbocycles. The normalized spacial score (nSPS) is 11.4. The van der Waals surface area contributed by atoms with Crippen LogP contribution in [-0.2, 0) is 9.47 Å². The van der Waals surface area contributed by atoms with E-state index >= 15 is 0 Å². The maximum absolute atomic E-state index is 12.3. The smallest absolute Gasteiger partial charge is 0.356 e. The van der Waals surface area contributed by atoms with E-state index in [4.69, 9.17) is 9.47 Å². The lowest BCUT2D eigenvalue weighted by Crippen LogP contribution is -2.09. The molecule has 0 amide bonds. The molecule has 0 spiro atoms. The fourth-order valence-electron chi connectivity index (χ4n) is 2.13. The number of carbonyl (C=O) groups is 1. The Bertz CT molecular complexity index is 666. The van der Waals surface area contributed by atoms with E-state index in [0.717, 1.165) is 16.5 Å². The Morgan fingerprint density at radius 2 is 2.19 bits per heavy atom. The number of carbonyl (C=O) groups excluding carboxylic acids is 1. The number of para-hydroxylation sites is 1. The van der Waals surface area contributed by atoms with Crippen LogP contribution in [0, 0.1) is 0 Å². The van der Waals surface area contributed by atoms with Gasteiger partial charge in [0.05, 0.1) is 18.7 Å². The molecule has 0 bridgehead atoms. The maximum Gasteiger partial charge on any atom is 0.356 e. The number of nitrogens with zero attached hydrogens (tertiary/aromatic N) is 1. The summed E-state index contributed by atoms with van der Waals surface area (Å²) in [6.07, 6.45) is 3.81. The van der Waals surface area contributed by atoms with Crippen molar-refractivity contribution < 1.29 is 14.3 Å². The van der Waals surface area contributed by atoms with Crippen LogP contribution < -0.4 is 0 Å². The van der Waals surface area contributed by atoms with Crippen molar-refractivity contribution in [2.24, 2.45) is 0 Å². The molecule has 6 heteroatoms. The number of methoxy groups -OCH3 is 1. The molecule has 2 rings (SSSR count). The average molecular weight is 417 g/mol. The predicted molar refractivity (Wildman–Crippen MR) is 95.8 cm³/mol. The number of ether oxygens (including phenoxy) is 2. The lowest BCUT2D eigenvalue weighted by atomic mass is 10.1. The third-order valence-corrected chi connectivity index (χ3v) is 4.66. The summed E-state index contributed by atoms with van der Waals surface area (Å²) in [6.45, 7) is 2.66. The van der Waals surface area contributed by atoms with Crippen LogP contribution in [0.5, 0.6) is 0 Å². The van der Waals surface area contributed by atoms with Crippen molar-refractivity contribution in [2.45, 2.75) is 6.92 Å². The van der Waals surface area contributed by atoms with E-state index < -0.39 is 0 Å². The van der Waals surface area contributed by atoms with Gasteiger partial charge in [-0.2, -0.15) is 0 Å². The first kappa shape index (κ1) is 16.4. The number of aromatic nitrogens is 1. The van der Waals surface area contributed by atoms with Crippen molar-refractivity contribution in [3.8, 4) is 0 Å². The number of hydrogen-bond donors (Lipinski definition) is 0. The summed E-state index contributed by atoms with van der Waals surface area (Å²) in [5, 5.41) is 1.03. The fourth-order valence-corrected chi connectivity index (χ4v) is 3.83. The van der Waals surface area contributed by atoms with Gasteiger partial charge >= 0.3 is 5.97 Å². The van der Waals surface area contributed by atoms with Crippen LogP contribution in [0.15, 0.2) is 30.3 Å². The molecule has 0 aliphatic carbocycles. The summed E-state index contributed by atoms with van der Waals surface area (Å²) in [7, 11) is 3.10. The second kappa shape index (κ2) is 7.86. The van der Waals surface area contributed by atoms with Crippen LogP contribution in [0.2, 0.25) is 0 Å². The van der Waals surface area contributed by atoms with E-state index in [0.29, 0.717) is 18.9 Å². The standard InChI is InChI=1S/C15H16INO3S/c1-3-20-15(18)14-12(8-6-10-19-2)11-7-4-5-9-13(11)17(14)21-16/h4-9H,3,10H2,1-2H3/b8-6+. The van der Waals surface area contributed by atoms with E-state index in [1.54, 1.807) is 7.11 Å². The van der Waals surface area contributed by atoms with Crippen LogP contribution in [0.25, 0.3) is 17.0 Å². The van der Waals surface area contributed by atoms with Gasteiger partial charge in [0, 0.05) is 48.4 Å². The molecule has 0 saturated heterocycles. The summed E-state index contributed by atoms with van der Waals surface area (Å²) in [6, 6.07) is 7.93. The van der Waals surface area contributed by atoms with Gasteiger partial charge in [0.2, 0.25) is 0 Å². The van der Waals surface area contributed by atoms with Crippen molar-refractivity contribution in [1.82, 2.24) is 3.97 Å². The Kier molecular flexibility index (Phi) is 6.13. The predicted octanol–water partition coefficient (Wildman–Crippen LogP) is 4.32. The van der Waals surface area contributed by atoms with E-state index in [1.807, 2.05) is 47.3 Å². The Labute approximate surface area is 140 Å². The molecule has 21 heavy (non-hydrogen) atoms. The molecular weight excluding hydrogens is 401 g/mol. The van der Waals surface area contributed by atoms with Gasteiger partial charge in [-0.3, -0.25) is 3.97 Å². The van der Waals surface area contributed by atoms with E-state index in [-0.39, 0.29) is 5.97 Å². The Morgan fingerprint density at radius 1 is 1.43 bits per heavy atom. The summed E-state index contributed by atoms with van der Waals surface area (Å²) >= 11 is 2.17. The first-order valence-corrected chi connectivity index (χ1v) is 9.81. The van der Waals surface area contributed by atoms with Crippen LogP contribution in [0.1, 0.15) is 23.0 Å². The van der Waals surface area contributed by atoms with Gasteiger partial charge in [0.1, 0.15) is 5.69 Å². The monoisotopic (exact) mass is 417 g/mol. The highest BCUT2D eigenvalue weighted by atomic mass is 127. The summed E-state index contributed by atoms with van der Waals surface area (Å²) < 4.78 is 12.1. The van der Waals surface area contributed by atoms with Gasteiger partial charge in [0.25, 0.3) is 0 Å². The van der Waals surface area contributed by atoms with Crippen LogP contribution in [0.4, 0.5) is 0 Å². The number of fused-ring (bicyclic) bond motifs is 1. The minimum absolute atomic E-state index is 0.310. The number of hydrogen-bond acceptors (Lipinski definition) is 4. The van der Waals surface area contributed by atoms with Crippen molar-refractivity contribution in [1.29, 1.82) is 0 Å². The molecule has 0 fully saturated rings. The molecular formula is C15H16INO3S. The molecule has 0 radical (unpaired) electrons. The molecule has 0 atom stereocenters. The first-order chi connectivity index (χ1) is 10.2. The molecule has 4 nitrogen and oxygen atoms in total. The number of benzene rings is 1. The largest absolute Gasteiger partial charge is 0.461 e. The van der Waals surface area contributed by atoms with Crippen molar-refractivity contribution >= 4 is 53.3 Å². The first-order valence-electron chi connectivity index (χ1n) is 6.49. The molecule has 0 saturated carbocycles. The summed E-state index contributed by atoms with van der Waals surface area (Å²) in [5.41, 5.74) is 2.42.